The number of nitrogens with zero attached hydrogens (tertiary/aromatic N) is 1. The van der Waals surface area contributed by atoms with Gasteiger partial charge in [0, 0.05) is 0 Å². The van der Waals surface area contributed by atoms with E-state index in [2.05, 4.69) is 6.58 Å². The maximum absolute atomic E-state index is 12.9. The van der Waals surface area contributed by atoms with Crippen molar-refractivity contribution in [1.82, 2.24) is 4.90 Å². The minimum absolute atomic E-state index is 0.468. The SMILES string of the molecule is C=CC(=O)C(CS(=O)(=O)O)(c1cccc2c1Cc1ccccc1-2)N(C)C. The molecular weight excluding hydrogens is 350 g/mol. The summed E-state index contributed by atoms with van der Waals surface area (Å²) < 4.78 is 33.2. The van der Waals surface area contributed by atoms with Gasteiger partial charge >= 0.3 is 0 Å². The average molecular weight is 371 g/mol. The molecule has 0 saturated carbocycles. The molecule has 5 nitrogen and oxygen atoms in total. The second-order valence-electron chi connectivity index (χ2n) is 6.71. The molecule has 0 heterocycles. The van der Waals surface area contributed by atoms with Crippen LogP contribution < -0.4 is 0 Å². The minimum atomic E-state index is -4.43. The summed E-state index contributed by atoms with van der Waals surface area (Å²) in [6.07, 6.45) is 1.72. The molecule has 2 aromatic carbocycles. The number of ketones is 1. The van der Waals surface area contributed by atoms with Crippen molar-refractivity contribution in [1.29, 1.82) is 0 Å². The molecule has 1 aliphatic rings. The van der Waals surface area contributed by atoms with Crippen molar-refractivity contribution < 1.29 is 17.8 Å². The molecule has 1 N–H and O–H groups in total. The Balaban J connectivity index is 2.31. The van der Waals surface area contributed by atoms with Gasteiger partial charge in [-0.2, -0.15) is 8.42 Å². The largest absolute Gasteiger partial charge is 0.292 e. The van der Waals surface area contributed by atoms with Crippen molar-refractivity contribution in [3.05, 3.63) is 71.8 Å². The summed E-state index contributed by atoms with van der Waals surface area (Å²) in [6, 6.07) is 13.5. The number of hydrogen-bond acceptors (Lipinski definition) is 4. The van der Waals surface area contributed by atoms with Gasteiger partial charge in [-0.3, -0.25) is 14.2 Å². The highest BCUT2D eigenvalue weighted by atomic mass is 32.2. The molecule has 0 fully saturated rings. The van der Waals surface area contributed by atoms with Crippen molar-refractivity contribution in [3.63, 3.8) is 0 Å². The lowest BCUT2D eigenvalue weighted by atomic mass is 9.81. The number of carbonyl (C=O) groups is 1. The Morgan fingerprint density at radius 2 is 1.85 bits per heavy atom. The van der Waals surface area contributed by atoms with Gasteiger partial charge in [0.05, 0.1) is 0 Å². The monoisotopic (exact) mass is 371 g/mol. The van der Waals surface area contributed by atoms with Crippen LogP contribution in [-0.2, 0) is 26.9 Å². The van der Waals surface area contributed by atoms with Crippen LogP contribution in [0.5, 0.6) is 0 Å². The van der Waals surface area contributed by atoms with E-state index in [9.17, 15) is 17.8 Å². The van der Waals surface area contributed by atoms with Crippen molar-refractivity contribution in [2.45, 2.75) is 12.0 Å². The van der Waals surface area contributed by atoms with E-state index in [1.54, 1.807) is 25.1 Å². The molecule has 6 heteroatoms. The highest BCUT2D eigenvalue weighted by Gasteiger charge is 2.46. The van der Waals surface area contributed by atoms with Crippen molar-refractivity contribution in [2.24, 2.45) is 0 Å². The predicted molar refractivity (Wildman–Crippen MR) is 102 cm³/mol. The number of likely N-dealkylation sites (N-methyl/N-ethyl adjacent to an activating group) is 1. The minimum Gasteiger partial charge on any atom is -0.292 e. The molecule has 1 atom stereocenters. The molecule has 0 bridgehead atoms. The van der Waals surface area contributed by atoms with Gasteiger partial charge in [0.1, 0.15) is 11.3 Å². The second-order valence-corrected chi connectivity index (χ2v) is 8.17. The quantitative estimate of drug-likeness (QED) is 0.533. The fraction of sp³-hybridized carbons (Fsp3) is 0.250. The van der Waals surface area contributed by atoms with E-state index in [-0.39, 0.29) is 0 Å². The van der Waals surface area contributed by atoms with E-state index in [1.807, 2.05) is 36.4 Å². The summed E-state index contributed by atoms with van der Waals surface area (Å²) in [6.45, 7) is 3.54. The van der Waals surface area contributed by atoms with Crippen LogP contribution in [-0.4, -0.2) is 43.5 Å². The maximum atomic E-state index is 12.9. The average Bonchev–Trinajstić information content (AvgIpc) is 2.96. The van der Waals surface area contributed by atoms with Crippen LogP contribution in [0.2, 0.25) is 0 Å². The number of rotatable bonds is 6. The first-order valence-electron chi connectivity index (χ1n) is 8.21. The van der Waals surface area contributed by atoms with Gasteiger partial charge in [0.2, 0.25) is 0 Å². The second kappa shape index (κ2) is 6.46. The molecule has 0 radical (unpaired) electrons. The number of benzene rings is 2. The first-order valence-corrected chi connectivity index (χ1v) is 9.81. The van der Waals surface area contributed by atoms with E-state index in [0.717, 1.165) is 28.3 Å². The standard InChI is InChI=1S/C20H21NO4S/c1-4-19(22)20(21(2)3,13-26(23,24)25)18-11-7-10-16-15-9-6-5-8-14(15)12-17(16)18/h4-11H,1,12-13H2,2-3H3,(H,23,24,25). The van der Waals surface area contributed by atoms with E-state index in [1.165, 1.54) is 0 Å². The summed E-state index contributed by atoms with van der Waals surface area (Å²) >= 11 is 0. The number of hydrogen-bond donors (Lipinski definition) is 1. The third-order valence-corrected chi connectivity index (χ3v) is 5.83. The lowest BCUT2D eigenvalue weighted by Crippen LogP contribution is -2.53. The number of fused-ring (bicyclic) bond motifs is 3. The Bertz CT molecular complexity index is 995. The maximum Gasteiger partial charge on any atom is 0.267 e. The van der Waals surface area contributed by atoms with Crippen molar-refractivity contribution in [2.75, 3.05) is 19.8 Å². The molecule has 0 saturated heterocycles. The summed E-state index contributed by atoms with van der Waals surface area (Å²) in [5.41, 5.74) is 3.13. The molecule has 0 amide bonds. The first kappa shape index (κ1) is 18.5. The fourth-order valence-corrected chi connectivity index (χ4v) is 4.93. The van der Waals surface area contributed by atoms with E-state index < -0.39 is 27.2 Å². The summed E-state index contributed by atoms with van der Waals surface area (Å²) in [5.74, 6) is -1.20. The third-order valence-electron chi connectivity index (χ3n) is 5.04. The lowest BCUT2D eigenvalue weighted by molar-refractivity contribution is -0.124. The topological polar surface area (TPSA) is 74.7 Å². The van der Waals surface area contributed by atoms with Crippen molar-refractivity contribution >= 4 is 15.9 Å². The van der Waals surface area contributed by atoms with Gasteiger partial charge in [-0.1, -0.05) is 49.0 Å². The Labute approximate surface area is 153 Å². The summed E-state index contributed by atoms with van der Waals surface area (Å²) in [5, 5.41) is 0. The Morgan fingerprint density at radius 3 is 2.46 bits per heavy atom. The molecule has 2 aromatic rings. The predicted octanol–water partition coefficient (Wildman–Crippen LogP) is 2.66. The Kier molecular flexibility index (Phi) is 4.60. The van der Waals surface area contributed by atoms with Crippen LogP contribution in [0.25, 0.3) is 11.1 Å². The Morgan fingerprint density at radius 1 is 1.19 bits per heavy atom. The van der Waals surface area contributed by atoms with Crippen molar-refractivity contribution in [3.8, 4) is 11.1 Å². The first-order chi connectivity index (χ1) is 12.2. The highest BCUT2D eigenvalue weighted by molar-refractivity contribution is 7.85. The van der Waals surface area contributed by atoms with E-state index in [4.69, 9.17) is 0 Å². The highest BCUT2D eigenvalue weighted by Crippen LogP contribution is 2.43. The van der Waals surface area contributed by atoms with Crippen LogP contribution in [0.3, 0.4) is 0 Å². The summed E-state index contributed by atoms with van der Waals surface area (Å²) in [7, 11) is -1.16. The normalized spacial score (nSPS) is 15.2. The lowest BCUT2D eigenvalue weighted by Gasteiger charge is -2.38. The fourth-order valence-electron chi connectivity index (χ4n) is 3.85. The summed E-state index contributed by atoms with van der Waals surface area (Å²) in [4.78, 5) is 14.4. The van der Waals surface area contributed by atoms with Gasteiger partial charge in [-0.25, -0.2) is 0 Å². The third kappa shape index (κ3) is 2.90. The zero-order valence-electron chi connectivity index (χ0n) is 14.8. The van der Waals surface area contributed by atoms with E-state index >= 15 is 0 Å². The van der Waals surface area contributed by atoms with Crippen LogP contribution in [0.4, 0.5) is 0 Å². The van der Waals surface area contributed by atoms with Crippen LogP contribution >= 0.6 is 0 Å². The molecule has 0 aromatic heterocycles. The van der Waals surface area contributed by atoms with E-state index in [0.29, 0.717) is 12.0 Å². The molecule has 1 unspecified atom stereocenters. The van der Waals surface area contributed by atoms with Gasteiger partial charge in [0.25, 0.3) is 10.1 Å². The molecular formula is C20H21NO4S. The van der Waals surface area contributed by atoms with Gasteiger partial charge in [-0.05, 0) is 54.4 Å². The van der Waals surface area contributed by atoms with Gasteiger partial charge < -0.3 is 0 Å². The van der Waals surface area contributed by atoms with Crippen LogP contribution in [0.1, 0.15) is 16.7 Å². The zero-order valence-corrected chi connectivity index (χ0v) is 15.6. The molecule has 0 spiro atoms. The molecule has 3 rings (SSSR count). The van der Waals surface area contributed by atoms with Crippen LogP contribution in [0.15, 0.2) is 55.1 Å². The molecule has 136 valence electrons. The molecule has 1 aliphatic carbocycles. The van der Waals surface area contributed by atoms with Gasteiger partial charge in [-0.15, -0.1) is 0 Å². The molecule has 0 aliphatic heterocycles. The van der Waals surface area contributed by atoms with Crippen LogP contribution in [0, 0.1) is 0 Å². The van der Waals surface area contributed by atoms with Gasteiger partial charge in [0.15, 0.2) is 5.78 Å². The number of carbonyl (C=O) groups excluding carboxylic acids is 1. The molecule has 26 heavy (non-hydrogen) atoms. The zero-order chi connectivity index (χ0) is 19.1. The Hall–Kier alpha value is -2.28. The smallest absolute Gasteiger partial charge is 0.267 e.